The van der Waals surface area contributed by atoms with Gasteiger partial charge in [-0.05, 0) is 20.3 Å². The lowest BCUT2D eigenvalue weighted by Crippen LogP contribution is -2.03. The van der Waals surface area contributed by atoms with Crippen LogP contribution in [0.4, 0.5) is 0 Å². The van der Waals surface area contributed by atoms with Crippen LogP contribution < -0.4 is 0 Å². The van der Waals surface area contributed by atoms with E-state index in [1.165, 1.54) is 5.57 Å². The smallest absolute Gasteiger partial charge is 0.0844 e. The lowest BCUT2D eigenvalue weighted by molar-refractivity contribution is 0.640. The van der Waals surface area contributed by atoms with E-state index >= 15 is 0 Å². The summed E-state index contributed by atoms with van der Waals surface area (Å²) in [5, 5.41) is 5.09. The van der Waals surface area contributed by atoms with Crippen LogP contribution in [0, 0.1) is 13.8 Å². The molecule has 0 aliphatic heterocycles. The van der Waals surface area contributed by atoms with Crippen molar-refractivity contribution < 1.29 is 0 Å². The molecule has 72 valence electrons. The van der Waals surface area contributed by atoms with Gasteiger partial charge in [0, 0.05) is 0 Å². The van der Waals surface area contributed by atoms with E-state index in [4.69, 9.17) is 11.6 Å². The molecule has 3 heteroatoms. The zero-order valence-electron chi connectivity index (χ0n) is 8.39. The third kappa shape index (κ3) is 2.13. The molecule has 0 N–H and O–H groups in total. The highest BCUT2D eigenvalue weighted by molar-refractivity contribution is 6.31. The van der Waals surface area contributed by atoms with Crippen molar-refractivity contribution in [1.82, 2.24) is 9.78 Å². The number of hydrogen-bond acceptors (Lipinski definition) is 1. The van der Waals surface area contributed by atoms with E-state index in [1.54, 1.807) is 0 Å². The van der Waals surface area contributed by atoms with Crippen LogP contribution in [0.15, 0.2) is 12.2 Å². The molecule has 0 saturated heterocycles. The van der Waals surface area contributed by atoms with Gasteiger partial charge in [0.15, 0.2) is 0 Å². The van der Waals surface area contributed by atoms with Crippen molar-refractivity contribution in [2.24, 2.45) is 0 Å². The standard InChI is InChI=1S/C10H15ClN2/c1-5-7(2)6-13-9(4)10(11)8(3)12-13/h2,5-6H2,1,3-4H3. The number of aryl methyl sites for hydroxylation is 1. The van der Waals surface area contributed by atoms with Crippen LogP contribution in [0.1, 0.15) is 24.7 Å². The van der Waals surface area contributed by atoms with Crippen molar-refractivity contribution in [3.8, 4) is 0 Å². The Hall–Kier alpha value is -0.760. The van der Waals surface area contributed by atoms with Crippen LogP contribution in [0.5, 0.6) is 0 Å². The summed E-state index contributed by atoms with van der Waals surface area (Å²) in [6.07, 6.45) is 0.982. The third-order valence-corrected chi connectivity index (χ3v) is 2.71. The van der Waals surface area contributed by atoms with E-state index in [-0.39, 0.29) is 0 Å². The van der Waals surface area contributed by atoms with E-state index in [9.17, 15) is 0 Å². The molecular formula is C10H15ClN2. The normalized spacial score (nSPS) is 10.5. The first-order chi connectivity index (χ1) is 6.06. The molecule has 1 rings (SSSR count). The minimum atomic E-state index is 0.768. The fourth-order valence-corrected chi connectivity index (χ4v) is 1.29. The van der Waals surface area contributed by atoms with E-state index < -0.39 is 0 Å². The van der Waals surface area contributed by atoms with Crippen LogP contribution >= 0.6 is 11.6 Å². The predicted octanol–water partition coefficient (Wildman–Crippen LogP) is 3.12. The van der Waals surface area contributed by atoms with Crippen molar-refractivity contribution in [3.63, 3.8) is 0 Å². The van der Waals surface area contributed by atoms with Gasteiger partial charge in [-0.1, -0.05) is 30.7 Å². The number of rotatable bonds is 3. The predicted molar refractivity (Wildman–Crippen MR) is 56.1 cm³/mol. The van der Waals surface area contributed by atoms with Gasteiger partial charge in [0.1, 0.15) is 0 Å². The summed E-state index contributed by atoms with van der Waals surface area (Å²) < 4.78 is 1.91. The molecule has 1 aromatic heterocycles. The number of nitrogens with zero attached hydrogens (tertiary/aromatic N) is 2. The first-order valence-electron chi connectivity index (χ1n) is 4.42. The molecule has 0 fully saturated rings. The number of hydrogen-bond donors (Lipinski definition) is 0. The third-order valence-electron chi connectivity index (χ3n) is 2.17. The summed E-state index contributed by atoms with van der Waals surface area (Å²) in [5.74, 6) is 0. The lowest BCUT2D eigenvalue weighted by Gasteiger charge is -2.04. The molecule has 0 spiro atoms. The molecule has 0 saturated carbocycles. The molecule has 1 aromatic rings. The highest BCUT2D eigenvalue weighted by atomic mass is 35.5. The van der Waals surface area contributed by atoms with Crippen molar-refractivity contribution >= 4 is 11.6 Å². The van der Waals surface area contributed by atoms with Gasteiger partial charge >= 0.3 is 0 Å². The summed E-state index contributed by atoms with van der Waals surface area (Å²) in [5.41, 5.74) is 3.08. The van der Waals surface area contributed by atoms with Crippen molar-refractivity contribution in [2.75, 3.05) is 0 Å². The van der Waals surface area contributed by atoms with Gasteiger partial charge in [-0.15, -0.1) is 0 Å². The van der Waals surface area contributed by atoms with Crippen molar-refractivity contribution in [2.45, 2.75) is 33.7 Å². The van der Waals surface area contributed by atoms with E-state index in [0.717, 1.165) is 29.4 Å². The summed E-state index contributed by atoms with van der Waals surface area (Å²) in [4.78, 5) is 0. The van der Waals surface area contributed by atoms with Gasteiger partial charge in [0.2, 0.25) is 0 Å². The van der Waals surface area contributed by atoms with Crippen molar-refractivity contribution in [1.29, 1.82) is 0 Å². The first-order valence-corrected chi connectivity index (χ1v) is 4.80. The Bertz CT molecular complexity index is 326. The Kier molecular flexibility index (Phi) is 3.15. The molecule has 0 bridgehead atoms. The minimum absolute atomic E-state index is 0.768. The zero-order chi connectivity index (χ0) is 10.0. The highest BCUT2D eigenvalue weighted by Crippen LogP contribution is 2.19. The Morgan fingerprint density at radius 3 is 2.54 bits per heavy atom. The van der Waals surface area contributed by atoms with E-state index in [2.05, 4.69) is 18.6 Å². The summed E-state index contributed by atoms with van der Waals surface area (Å²) in [6.45, 7) is 10.7. The fraction of sp³-hybridized carbons (Fsp3) is 0.500. The minimum Gasteiger partial charge on any atom is -0.264 e. The van der Waals surface area contributed by atoms with E-state index in [1.807, 2.05) is 18.5 Å². The molecule has 2 nitrogen and oxygen atoms in total. The van der Waals surface area contributed by atoms with Crippen LogP contribution in [0.25, 0.3) is 0 Å². The molecule has 1 heterocycles. The molecule has 0 unspecified atom stereocenters. The second kappa shape index (κ2) is 3.97. The lowest BCUT2D eigenvalue weighted by atomic mass is 10.2. The molecule has 0 aromatic carbocycles. The SMILES string of the molecule is C=C(CC)Cn1nc(C)c(Cl)c1C. The molecular weight excluding hydrogens is 184 g/mol. The van der Waals surface area contributed by atoms with Gasteiger partial charge < -0.3 is 0 Å². The van der Waals surface area contributed by atoms with Crippen LogP contribution in [0.2, 0.25) is 5.02 Å². The Balaban J connectivity index is 2.90. The average molecular weight is 199 g/mol. The first kappa shape index (κ1) is 10.3. The molecule has 0 aliphatic carbocycles. The van der Waals surface area contributed by atoms with Gasteiger partial charge in [-0.3, -0.25) is 4.68 Å². The van der Waals surface area contributed by atoms with Crippen molar-refractivity contribution in [3.05, 3.63) is 28.6 Å². The number of aromatic nitrogens is 2. The average Bonchev–Trinajstić information content (AvgIpc) is 2.34. The quantitative estimate of drug-likeness (QED) is 0.683. The van der Waals surface area contributed by atoms with Crippen LogP contribution in [-0.2, 0) is 6.54 Å². The molecule has 0 amide bonds. The Labute approximate surface area is 84.2 Å². The summed E-state index contributed by atoms with van der Waals surface area (Å²) in [7, 11) is 0. The number of halogens is 1. The number of allylic oxidation sites excluding steroid dienone is 1. The zero-order valence-corrected chi connectivity index (χ0v) is 9.15. The largest absolute Gasteiger partial charge is 0.264 e. The second-order valence-electron chi connectivity index (χ2n) is 3.25. The van der Waals surface area contributed by atoms with Crippen LogP contribution in [-0.4, -0.2) is 9.78 Å². The molecule has 13 heavy (non-hydrogen) atoms. The monoisotopic (exact) mass is 198 g/mol. The molecule has 0 atom stereocenters. The Morgan fingerprint density at radius 2 is 2.15 bits per heavy atom. The molecule has 0 radical (unpaired) electrons. The fourth-order valence-electron chi connectivity index (χ4n) is 1.15. The maximum absolute atomic E-state index is 6.01. The second-order valence-corrected chi connectivity index (χ2v) is 3.62. The van der Waals surface area contributed by atoms with Gasteiger partial charge in [-0.2, -0.15) is 5.10 Å². The maximum Gasteiger partial charge on any atom is 0.0844 e. The van der Waals surface area contributed by atoms with Crippen LogP contribution in [0.3, 0.4) is 0 Å². The highest BCUT2D eigenvalue weighted by Gasteiger charge is 2.08. The molecule has 0 aliphatic rings. The summed E-state index contributed by atoms with van der Waals surface area (Å²) >= 11 is 6.01. The van der Waals surface area contributed by atoms with E-state index in [0.29, 0.717) is 0 Å². The van der Waals surface area contributed by atoms with Gasteiger partial charge in [0.25, 0.3) is 0 Å². The maximum atomic E-state index is 6.01. The summed E-state index contributed by atoms with van der Waals surface area (Å²) in [6, 6.07) is 0. The topological polar surface area (TPSA) is 17.8 Å². The van der Waals surface area contributed by atoms with Gasteiger partial charge in [0.05, 0.1) is 23.0 Å². The Morgan fingerprint density at radius 1 is 1.54 bits per heavy atom. The van der Waals surface area contributed by atoms with Gasteiger partial charge in [-0.25, -0.2) is 0 Å².